The van der Waals surface area contributed by atoms with Crippen molar-refractivity contribution >= 4 is 29.2 Å². The van der Waals surface area contributed by atoms with Gasteiger partial charge in [-0.25, -0.2) is 13.8 Å². The topological polar surface area (TPSA) is 104 Å². The highest BCUT2D eigenvalue weighted by molar-refractivity contribution is 6.05. The molecule has 2 aliphatic heterocycles. The first-order valence-corrected chi connectivity index (χ1v) is 10.3. The number of amides is 1. The maximum Gasteiger partial charge on any atom is 0.220 e. The monoisotopic (exact) mass is 419 g/mol. The summed E-state index contributed by atoms with van der Waals surface area (Å²) >= 11 is 0. The lowest BCUT2D eigenvalue weighted by atomic mass is 9.87. The van der Waals surface area contributed by atoms with E-state index >= 15 is 8.78 Å². The van der Waals surface area contributed by atoms with Crippen molar-refractivity contribution < 1.29 is 13.6 Å². The van der Waals surface area contributed by atoms with Crippen LogP contribution in [0.3, 0.4) is 0 Å². The lowest BCUT2D eigenvalue weighted by molar-refractivity contribution is -0.129. The fourth-order valence-electron chi connectivity index (χ4n) is 4.72. The fraction of sp³-hybridized carbons (Fsp3) is 0.550. The molecule has 2 heterocycles. The first kappa shape index (κ1) is 20.4. The van der Waals surface area contributed by atoms with Gasteiger partial charge in [-0.1, -0.05) is 6.42 Å². The van der Waals surface area contributed by atoms with Gasteiger partial charge in [-0.15, -0.1) is 0 Å². The van der Waals surface area contributed by atoms with Crippen LogP contribution in [-0.2, 0) is 4.79 Å². The molecule has 30 heavy (non-hydrogen) atoms. The molecule has 1 aromatic carbocycles. The summed E-state index contributed by atoms with van der Waals surface area (Å²) in [5, 5.41) is 0. The zero-order valence-electron chi connectivity index (χ0n) is 17.1. The van der Waals surface area contributed by atoms with Crippen molar-refractivity contribution in [3.05, 3.63) is 23.8 Å². The lowest BCUT2D eigenvalue weighted by Gasteiger charge is -2.45. The molecular formula is C20H27F2N7O. The van der Waals surface area contributed by atoms with Crippen LogP contribution in [0.2, 0.25) is 0 Å². The van der Waals surface area contributed by atoms with E-state index in [4.69, 9.17) is 11.5 Å². The number of hydrogen-bond donors (Lipinski definition) is 2. The summed E-state index contributed by atoms with van der Waals surface area (Å²) in [6, 6.07) is 2.57. The van der Waals surface area contributed by atoms with Crippen molar-refractivity contribution in [2.75, 3.05) is 36.0 Å². The van der Waals surface area contributed by atoms with Crippen LogP contribution in [0, 0.1) is 11.6 Å². The van der Waals surface area contributed by atoms with Gasteiger partial charge < -0.3 is 21.3 Å². The Kier molecular flexibility index (Phi) is 5.25. The Balaban J connectivity index is 1.66. The normalized spacial score (nSPS) is 21.5. The largest absolute Gasteiger partial charge is 0.369 e. The van der Waals surface area contributed by atoms with Gasteiger partial charge in [-0.2, -0.15) is 4.99 Å². The zero-order valence-corrected chi connectivity index (χ0v) is 17.1. The Bertz CT molecular complexity index is 879. The SMILES string of the molecule is CC(=O)N1CCN(c2c(F)cc(N3C(N)=NC(N)=NC34CCCCC4)cc2F)CC1. The number of hydrogen-bond acceptors (Lipinski definition) is 7. The molecule has 3 aliphatic rings. The number of nitrogens with zero attached hydrogens (tertiary/aromatic N) is 5. The second-order valence-corrected chi connectivity index (χ2v) is 8.07. The average Bonchev–Trinajstić information content (AvgIpc) is 2.68. The van der Waals surface area contributed by atoms with Crippen molar-refractivity contribution in [3.63, 3.8) is 0 Å². The van der Waals surface area contributed by atoms with E-state index in [2.05, 4.69) is 9.98 Å². The van der Waals surface area contributed by atoms with E-state index in [1.165, 1.54) is 19.1 Å². The van der Waals surface area contributed by atoms with E-state index in [9.17, 15) is 4.79 Å². The third kappa shape index (κ3) is 3.54. The van der Waals surface area contributed by atoms with E-state index in [0.29, 0.717) is 39.0 Å². The number of halogens is 2. The molecule has 4 N–H and O–H groups in total. The molecule has 1 aromatic rings. The highest BCUT2D eigenvalue weighted by Gasteiger charge is 2.43. The van der Waals surface area contributed by atoms with Crippen molar-refractivity contribution in [2.24, 2.45) is 21.5 Å². The molecule has 1 spiro atoms. The highest BCUT2D eigenvalue weighted by atomic mass is 19.1. The van der Waals surface area contributed by atoms with Crippen LogP contribution in [0.5, 0.6) is 0 Å². The molecule has 0 bridgehead atoms. The predicted molar refractivity (Wildman–Crippen MR) is 112 cm³/mol. The zero-order chi connectivity index (χ0) is 21.5. The number of rotatable bonds is 2. The number of aliphatic imine (C=N–C) groups is 2. The van der Waals surface area contributed by atoms with Crippen LogP contribution in [0.15, 0.2) is 22.1 Å². The molecule has 0 unspecified atom stereocenters. The summed E-state index contributed by atoms with van der Waals surface area (Å²) in [5.74, 6) is -1.22. The summed E-state index contributed by atoms with van der Waals surface area (Å²) in [7, 11) is 0. The van der Waals surface area contributed by atoms with Crippen molar-refractivity contribution in [1.82, 2.24) is 4.90 Å². The Hall–Kier alpha value is -2.91. The van der Waals surface area contributed by atoms with Crippen molar-refractivity contribution in [1.29, 1.82) is 0 Å². The smallest absolute Gasteiger partial charge is 0.220 e. The Morgan fingerprint density at radius 1 is 1.03 bits per heavy atom. The van der Waals surface area contributed by atoms with Gasteiger partial charge in [-0.05, 0) is 25.7 Å². The molecule has 2 fully saturated rings. The van der Waals surface area contributed by atoms with Crippen molar-refractivity contribution in [2.45, 2.75) is 44.7 Å². The quantitative estimate of drug-likeness (QED) is 0.760. The number of piperazine rings is 1. The average molecular weight is 419 g/mol. The van der Waals surface area contributed by atoms with E-state index in [0.717, 1.165) is 19.3 Å². The van der Waals surface area contributed by atoms with E-state index in [-0.39, 0.29) is 29.2 Å². The molecule has 1 amide bonds. The number of carbonyl (C=O) groups is 1. The molecule has 4 rings (SSSR count). The molecule has 1 aliphatic carbocycles. The Labute approximate surface area is 174 Å². The summed E-state index contributed by atoms with van der Waals surface area (Å²) in [6.07, 6.45) is 4.27. The van der Waals surface area contributed by atoms with Gasteiger partial charge >= 0.3 is 0 Å². The molecular weight excluding hydrogens is 392 g/mol. The number of nitrogens with two attached hydrogens (primary N) is 2. The molecule has 0 atom stereocenters. The molecule has 8 nitrogen and oxygen atoms in total. The Morgan fingerprint density at radius 3 is 2.20 bits per heavy atom. The third-order valence-electron chi connectivity index (χ3n) is 6.15. The van der Waals surface area contributed by atoms with Gasteiger partial charge in [0.15, 0.2) is 11.6 Å². The molecule has 162 valence electrons. The molecule has 0 radical (unpaired) electrons. The van der Waals surface area contributed by atoms with E-state index < -0.39 is 17.3 Å². The van der Waals surface area contributed by atoms with Gasteiger partial charge in [0.05, 0.1) is 5.69 Å². The molecule has 0 aromatic heterocycles. The maximum atomic E-state index is 15.1. The summed E-state index contributed by atoms with van der Waals surface area (Å²) < 4.78 is 30.3. The summed E-state index contributed by atoms with van der Waals surface area (Å²) in [6.45, 7) is 3.08. The highest BCUT2D eigenvalue weighted by Crippen LogP contribution is 2.41. The number of carbonyl (C=O) groups excluding carboxylic acids is 1. The van der Waals surface area contributed by atoms with Gasteiger partial charge in [0.1, 0.15) is 11.4 Å². The van der Waals surface area contributed by atoms with Gasteiger partial charge in [0.25, 0.3) is 0 Å². The summed E-state index contributed by atoms with van der Waals surface area (Å²) in [5.41, 5.74) is 11.4. The van der Waals surface area contributed by atoms with E-state index in [1.54, 1.807) is 14.7 Å². The van der Waals surface area contributed by atoms with Gasteiger partial charge in [-0.3, -0.25) is 9.69 Å². The number of anilines is 2. The van der Waals surface area contributed by atoms with Crippen LogP contribution in [0.1, 0.15) is 39.0 Å². The first-order valence-electron chi connectivity index (χ1n) is 10.3. The molecule has 1 saturated carbocycles. The van der Waals surface area contributed by atoms with Crippen LogP contribution in [-0.4, -0.2) is 54.6 Å². The molecule has 1 saturated heterocycles. The van der Waals surface area contributed by atoms with Gasteiger partial charge in [0.2, 0.25) is 17.8 Å². The first-order chi connectivity index (χ1) is 14.3. The minimum atomic E-state index is -0.762. The van der Waals surface area contributed by atoms with Crippen LogP contribution >= 0.6 is 0 Å². The van der Waals surface area contributed by atoms with Crippen molar-refractivity contribution in [3.8, 4) is 0 Å². The second-order valence-electron chi connectivity index (χ2n) is 8.07. The molecule has 10 heteroatoms. The fourth-order valence-corrected chi connectivity index (χ4v) is 4.72. The standard InChI is InChI=1S/C20H27F2N7O/c1-13(30)27-7-9-28(10-8-27)17-15(21)11-14(12-16(17)22)29-19(24)25-18(23)26-20(29)5-3-2-4-6-20/h11-12H,2-10H2,1H3,(H4,23,24,25,26). The predicted octanol–water partition coefficient (Wildman–Crippen LogP) is 1.74. The Morgan fingerprint density at radius 2 is 1.63 bits per heavy atom. The van der Waals surface area contributed by atoms with Crippen LogP contribution in [0.4, 0.5) is 20.2 Å². The second kappa shape index (κ2) is 7.73. The number of guanidine groups is 2. The van der Waals surface area contributed by atoms with E-state index in [1.807, 2.05) is 0 Å². The summed E-state index contributed by atoms with van der Waals surface area (Å²) in [4.78, 5) is 25.0. The van der Waals surface area contributed by atoms with Crippen LogP contribution in [0.25, 0.3) is 0 Å². The minimum absolute atomic E-state index is 0.0385. The third-order valence-corrected chi connectivity index (χ3v) is 6.15. The van der Waals surface area contributed by atoms with Gasteiger partial charge in [0, 0.05) is 45.2 Å². The maximum absolute atomic E-state index is 15.1. The lowest BCUT2D eigenvalue weighted by Crippen LogP contribution is -2.58. The minimum Gasteiger partial charge on any atom is -0.369 e. The number of benzene rings is 1. The van der Waals surface area contributed by atoms with Crippen LogP contribution < -0.4 is 21.3 Å².